The van der Waals surface area contributed by atoms with Crippen molar-refractivity contribution >= 4 is 17.2 Å². The van der Waals surface area contributed by atoms with Crippen LogP contribution in [0, 0.1) is 0 Å². The zero-order valence-electron chi connectivity index (χ0n) is 9.20. The van der Waals surface area contributed by atoms with E-state index >= 15 is 0 Å². The lowest BCUT2D eigenvalue weighted by molar-refractivity contribution is 0.0945. The molecule has 0 saturated heterocycles. The molecule has 90 valence electrons. The van der Waals surface area contributed by atoms with Gasteiger partial charge in [0.2, 0.25) is 0 Å². The number of nitrogens with two attached hydrogens (primary N) is 1. The standard InChI is InChI=1S/C9H12N6OS/c1-6(4-10)12-9(16)8-7(2-3-17-8)15-5-11-13-14-15/h2-3,5-6H,4,10H2,1H3,(H,12,16)/t6-/m0/s1. The summed E-state index contributed by atoms with van der Waals surface area (Å²) < 4.78 is 1.46. The third-order valence-corrected chi connectivity index (χ3v) is 3.08. The number of amides is 1. The van der Waals surface area contributed by atoms with Gasteiger partial charge in [0, 0.05) is 12.6 Å². The number of thiophene rings is 1. The van der Waals surface area contributed by atoms with E-state index in [0.717, 1.165) is 0 Å². The fourth-order valence-electron chi connectivity index (χ4n) is 1.27. The van der Waals surface area contributed by atoms with Crippen LogP contribution >= 0.6 is 11.3 Å². The Kier molecular flexibility index (Phi) is 3.45. The highest BCUT2D eigenvalue weighted by atomic mass is 32.1. The second-order valence-corrected chi connectivity index (χ2v) is 4.42. The van der Waals surface area contributed by atoms with Crippen LogP contribution in [0.1, 0.15) is 16.6 Å². The molecule has 0 aliphatic rings. The van der Waals surface area contributed by atoms with E-state index in [2.05, 4.69) is 20.8 Å². The highest BCUT2D eigenvalue weighted by Gasteiger charge is 2.16. The molecule has 0 saturated carbocycles. The number of nitrogens with zero attached hydrogens (tertiary/aromatic N) is 4. The summed E-state index contributed by atoms with van der Waals surface area (Å²) in [6, 6.07) is 1.73. The van der Waals surface area contributed by atoms with Crippen molar-refractivity contribution in [2.75, 3.05) is 6.54 Å². The molecule has 0 bridgehead atoms. The van der Waals surface area contributed by atoms with Crippen molar-refractivity contribution in [2.24, 2.45) is 5.73 Å². The second-order valence-electron chi connectivity index (χ2n) is 3.50. The highest BCUT2D eigenvalue weighted by molar-refractivity contribution is 7.12. The van der Waals surface area contributed by atoms with Crippen molar-refractivity contribution in [3.05, 3.63) is 22.7 Å². The molecule has 8 heteroatoms. The number of hydrogen-bond acceptors (Lipinski definition) is 6. The average molecular weight is 252 g/mol. The Bertz CT molecular complexity index is 493. The van der Waals surface area contributed by atoms with Crippen LogP contribution in [-0.2, 0) is 0 Å². The number of aromatic nitrogens is 4. The van der Waals surface area contributed by atoms with Crippen molar-refractivity contribution in [1.29, 1.82) is 0 Å². The van der Waals surface area contributed by atoms with Gasteiger partial charge in [-0.05, 0) is 28.8 Å². The predicted octanol–water partition coefficient (Wildman–Crippen LogP) is -0.199. The molecule has 2 heterocycles. The molecule has 2 aromatic rings. The van der Waals surface area contributed by atoms with Crippen LogP contribution in [0.15, 0.2) is 17.8 Å². The first-order valence-corrected chi connectivity index (χ1v) is 5.92. The number of rotatable bonds is 4. The van der Waals surface area contributed by atoms with E-state index in [-0.39, 0.29) is 11.9 Å². The number of tetrazole rings is 1. The number of carbonyl (C=O) groups excluding carboxylic acids is 1. The van der Waals surface area contributed by atoms with Gasteiger partial charge in [-0.25, -0.2) is 0 Å². The van der Waals surface area contributed by atoms with E-state index in [9.17, 15) is 4.79 Å². The quantitative estimate of drug-likeness (QED) is 0.785. The van der Waals surface area contributed by atoms with Gasteiger partial charge in [0.15, 0.2) is 0 Å². The summed E-state index contributed by atoms with van der Waals surface area (Å²) in [4.78, 5) is 12.5. The van der Waals surface area contributed by atoms with Gasteiger partial charge in [0.05, 0.1) is 5.69 Å². The van der Waals surface area contributed by atoms with Crippen molar-refractivity contribution < 1.29 is 4.79 Å². The minimum Gasteiger partial charge on any atom is -0.348 e. The largest absolute Gasteiger partial charge is 0.348 e. The van der Waals surface area contributed by atoms with Gasteiger partial charge >= 0.3 is 0 Å². The molecule has 2 rings (SSSR count). The zero-order chi connectivity index (χ0) is 12.3. The molecule has 3 N–H and O–H groups in total. The molecule has 1 atom stereocenters. The lowest BCUT2D eigenvalue weighted by Gasteiger charge is -2.10. The summed E-state index contributed by atoms with van der Waals surface area (Å²) in [6.45, 7) is 2.25. The fourth-order valence-corrected chi connectivity index (χ4v) is 2.05. The van der Waals surface area contributed by atoms with Crippen molar-refractivity contribution in [1.82, 2.24) is 25.5 Å². The molecule has 0 aliphatic heterocycles. The lowest BCUT2D eigenvalue weighted by atomic mass is 10.3. The third kappa shape index (κ3) is 2.48. The van der Waals surface area contributed by atoms with E-state index in [1.54, 1.807) is 6.07 Å². The fraction of sp³-hybridized carbons (Fsp3) is 0.333. The normalized spacial score (nSPS) is 12.4. The van der Waals surface area contributed by atoms with Gasteiger partial charge in [-0.3, -0.25) is 4.79 Å². The monoisotopic (exact) mass is 252 g/mol. The topological polar surface area (TPSA) is 98.7 Å². The van der Waals surface area contributed by atoms with E-state index in [4.69, 9.17) is 5.73 Å². The number of hydrogen-bond donors (Lipinski definition) is 2. The Morgan fingerprint density at radius 1 is 1.71 bits per heavy atom. The van der Waals surface area contributed by atoms with Crippen LogP contribution in [-0.4, -0.2) is 38.7 Å². The lowest BCUT2D eigenvalue weighted by Crippen LogP contribution is -2.37. The Labute approximate surface area is 102 Å². The van der Waals surface area contributed by atoms with Crippen molar-refractivity contribution in [3.63, 3.8) is 0 Å². The second kappa shape index (κ2) is 5.02. The number of carbonyl (C=O) groups is 1. The summed E-state index contributed by atoms with van der Waals surface area (Å²) >= 11 is 1.34. The maximum absolute atomic E-state index is 12.0. The van der Waals surface area contributed by atoms with E-state index < -0.39 is 0 Å². The molecule has 2 aromatic heterocycles. The molecule has 0 unspecified atom stereocenters. The molecule has 0 aliphatic carbocycles. The molecule has 7 nitrogen and oxygen atoms in total. The minimum absolute atomic E-state index is 0.0636. The van der Waals surface area contributed by atoms with Gasteiger partial charge in [0.1, 0.15) is 11.2 Å². The zero-order valence-corrected chi connectivity index (χ0v) is 10.0. The van der Waals surface area contributed by atoms with E-state index in [1.165, 1.54) is 22.3 Å². The molecule has 17 heavy (non-hydrogen) atoms. The molecule has 0 fully saturated rings. The number of nitrogens with one attached hydrogen (secondary N) is 1. The van der Waals surface area contributed by atoms with Gasteiger partial charge in [-0.15, -0.1) is 16.4 Å². The average Bonchev–Trinajstić information content (AvgIpc) is 2.98. The summed E-state index contributed by atoms with van der Waals surface area (Å²) in [5.41, 5.74) is 6.13. The van der Waals surface area contributed by atoms with Crippen LogP contribution < -0.4 is 11.1 Å². The Balaban J connectivity index is 2.22. The van der Waals surface area contributed by atoms with Crippen LogP contribution in [0.25, 0.3) is 5.69 Å². The highest BCUT2D eigenvalue weighted by Crippen LogP contribution is 2.19. The smallest absolute Gasteiger partial charge is 0.263 e. The molecule has 0 radical (unpaired) electrons. The molecular weight excluding hydrogens is 240 g/mol. The van der Waals surface area contributed by atoms with Gasteiger partial charge in [-0.1, -0.05) is 0 Å². The van der Waals surface area contributed by atoms with Crippen molar-refractivity contribution in [2.45, 2.75) is 13.0 Å². The van der Waals surface area contributed by atoms with Crippen LogP contribution in [0.5, 0.6) is 0 Å². The Morgan fingerprint density at radius 2 is 2.53 bits per heavy atom. The third-order valence-electron chi connectivity index (χ3n) is 2.18. The SMILES string of the molecule is C[C@@H](CN)NC(=O)c1sccc1-n1cnnn1. The summed E-state index contributed by atoms with van der Waals surface area (Å²) in [7, 11) is 0. The van der Waals surface area contributed by atoms with Crippen LogP contribution in [0.4, 0.5) is 0 Å². The summed E-state index contributed by atoms with van der Waals surface area (Å²) in [5.74, 6) is -0.163. The molecule has 0 aromatic carbocycles. The first-order valence-electron chi connectivity index (χ1n) is 5.04. The Hall–Kier alpha value is -1.80. The van der Waals surface area contributed by atoms with E-state index in [1.807, 2.05) is 12.3 Å². The predicted molar refractivity (Wildman–Crippen MR) is 63.0 cm³/mol. The minimum atomic E-state index is -0.163. The van der Waals surface area contributed by atoms with E-state index in [0.29, 0.717) is 17.1 Å². The van der Waals surface area contributed by atoms with Gasteiger partial charge in [-0.2, -0.15) is 4.68 Å². The van der Waals surface area contributed by atoms with Crippen LogP contribution in [0.2, 0.25) is 0 Å². The molecule has 0 spiro atoms. The van der Waals surface area contributed by atoms with Gasteiger partial charge < -0.3 is 11.1 Å². The van der Waals surface area contributed by atoms with Crippen LogP contribution in [0.3, 0.4) is 0 Å². The summed E-state index contributed by atoms with van der Waals surface area (Å²) in [6.07, 6.45) is 1.45. The first-order chi connectivity index (χ1) is 8.22. The Morgan fingerprint density at radius 3 is 3.18 bits per heavy atom. The maximum Gasteiger partial charge on any atom is 0.263 e. The van der Waals surface area contributed by atoms with Crippen molar-refractivity contribution in [3.8, 4) is 5.69 Å². The molecular formula is C9H12N6OS. The maximum atomic E-state index is 12.0. The summed E-state index contributed by atoms with van der Waals surface area (Å²) in [5, 5.41) is 15.5. The molecule has 1 amide bonds. The van der Waals surface area contributed by atoms with Gasteiger partial charge in [0.25, 0.3) is 5.91 Å². The first kappa shape index (κ1) is 11.7.